The Labute approximate surface area is 158 Å². The van der Waals surface area contributed by atoms with Gasteiger partial charge in [-0.15, -0.1) is 0 Å². The molecule has 2 aromatic rings. The first-order valence-electron chi connectivity index (χ1n) is 9.30. The maximum Gasteiger partial charge on any atom is 0.271 e. The summed E-state index contributed by atoms with van der Waals surface area (Å²) >= 11 is 0. The molecule has 1 aromatic heterocycles. The Kier molecular flexibility index (Phi) is 5.21. The lowest BCUT2D eigenvalue weighted by atomic mass is 9.95. The number of likely N-dealkylation sites (N-methyl/N-ethyl adjacent to an activating group) is 1. The Hall–Kier alpha value is -2.83. The molecule has 27 heavy (non-hydrogen) atoms. The molecule has 7 heteroatoms. The third-order valence-corrected chi connectivity index (χ3v) is 5.29. The van der Waals surface area contributed by atoms with Gasteiger partial charge in [0, 0.05) is 24.5 Å². The van der Waals surface area contributed by atoms with Crippen LogP contribution in [-0.2, 0) is 16.1 Å². The molecule has 144 valence electrons. The molecular weight excluding hydrogens is 344 g/mol. The van der Waals surface area contributed by atoms with Gasteiger partial charge in [0.05, 0.1) is 13.1 Å². The van der Waals surface area contributed by atoms with E-state index < -0.39 is 5.54 Å². The van der Waals surface area contributed by atoms with Crippen LogP contribution in [0.5, 0.6) is 0 Å². The zero-order valence-electron chi connectivity index (χ0n) is 16.0. The lowest BCUT2D eigenvalue weighted by Gasteiger charge is -2.41. The van der Waals surface area contributed by atoms with Crippen molar-refractivity contribution in [3.05, 3.63) is 36.0 Å². The van der Waals surface area contributed by atoms with Crippen molar-refractivity contribution in [1.82, 2.24) is 20.1 Å². The average molecular weight is 370 g/mol. The smallest absolute Gasteiger partial charge is 0.271 e. The molecule has 1 aliphatic heterocycles. The lowest BCUT2D eigenvalue weighted by molar-refractivity contribution is -0.134. The summed E-state index contributed by atoms with van der Waals surface area (Å²) in [6.07, 6.45) is 1.89. The number of carbonyl (C=O) groups excluding carboxylic acids is 3. The van der Waals surface area contributed by atoms with Gasteiger partial charge in [0.25, 0.3) is 5.91 Å². The normalized spacial score (nSPS) is 19.1. The molecule has 1 atom stereocenters. The van der Waals surface area contributed by atoms with E-state index in [1.807, 2.05) is 41.8 Å². The molecule has 0 spiro atoms. The van der Waals surface area contributed by atoms with Crippen LogP contribution < -0.4 is 10.6 Å². The number of carbonyl (C=O) groups is 3. The van der Waals surface area contributed by atoms with Crippen molar-refractivity contribution in [2.24, 2.45) is 0 Å². The molecule has 0 radical (unpaired) electrons. The van der Waals surface area contributed by atoms with E-state index >= 15 is 0 Å². The summed E-state index contributed by atoms with van der Waals surface area (Å²) in [5, 5.41) is 6.42. The fourth-order valence-electron chi connectivity index (χ4n) is 3.41. The highest BCUT2D eigenvalue weighted by molar-refractivity contribution is 6.03. The van der Waals surface area contributed by atoms with E-state index in [9.17, 15) is 14.4 Å². The molecule has 0 saturated carbocycles. The third-order valence-electron chi connectivity index (χ3n) is 5.29. The zero-order valence-corrected chi connectivity index (χ0v) is 16.0. The van der Waals surface area contributed by atoms with Crippen molar-refractivity contribution in [3.63, 3.8) is 0 Å². The Morgan fingerprint density at radius 2 is 1.96 bits per heavy atom. The minimum Gasteiger partial charge on any atom is -0.355 e. The number of unbranched alkanes of at least 4 members (excludes halogenated alkanes) is 1. The van der Waals surface area contributed by atoms with Gasteiger partial charge in [-0.25, -0.2) is 0 Å². The van der Waals surface area contributed by atoms with E-state index in [0.29, 0.717) is 18.8 Å². The van der Waals surface area contributed by atoms with Gasteiger partial charge < -0.3 is 20.1 Å². The van der Waals surface area contributed by atoms with Crippen molar-refractivity contribution >= 4 is 28.6 Å². The molecule has 0 aliphatic carbocycles. The molecule has 2 N–H and O–H groups in total. The highest BCUT2D eigenvalue weighted by atomic mass is 16.2. The molecule has 2 heterocycles. The fourth-order valence-corrected chi connectivity index (χ4v) is 3.41. The minimum atomic E-state index is -1.07. The molecule has 0 unspecified atom stereocenters. The van der Waals surface area contributed by atoms with Crippen molar-refractivity contribution in [2.75, 3.05) is 20.1 Å². The minimum absolute atomic E-state index is 0.0978. The van der Waals surface area contributed by atoms with Gasteiger partial charge >= 0.3 is 0 Å². The SMILES string of the molecule is CCCCNC(=O)CNC(=O)[C@@]1(C)Cn2c(cc3ccccc32)C(=O)N1C. The summed E-state index contributed by atoms with van der Waals surface area (Å²) in [7, 11) is 1.63. The van der Waals surface area contributed by atoms with Gasteiger partial charge in [0.15, 0.2) is 0 Å². The van der Waals surface area contributed by atoms with Gasteiger partial charge in [-0.3, -0.25) is 14.4 Å². The first-order valence-corrected chi connectivity index (χ1v) is 9.30. The van der Waals surface area contributed by atoms with Gasteiger partial charge in [0.1, 0.15) is 11.2 Å². The maximum absolute atomic E-state index is 12.9. The number of amides is 3. The molecule has 0 bridgehead atoms. The van der Waals surface area contributed by atoms with Crippen molar-refractivity contribution in [3.8, 4) is 0 Å². The van der Waals surface area contributed by atoms with Crippen LogP contribution >= 0.6 is 0 Å². The number of para-hydroxylation sites is 1. The highest BCUT2D eigenvalue weighted by Gasteiger charge is 2.45. The summed E-state index contributed by atoms with van der Waals surface area (Å²) in [5.74, 6) is -0.771. The summed E-state index contributed by atoms with van der Waals surface area (Å²) < 4.78 is 1.89. The predicted molar refractivity (Wildman–Crippen MR) is 103 cm³/mol. The third kappa shape index (κ3) is 3.41. The van der Waals surface area contributed by atoms with Crippen LogP contribution in [-0.4, -0.2) is 52.9 Å². The van der Waals surface area contributed by atoms with E-state index in [1.165, 1.54) is 4.90 Å². The number of benzene rings is 1. The standard InChI is InChI=1S/C20H26N4O3/c1-4-5-10-21-17(25)12-22-19(27)20(2)13-24-15-9-7-6-8-14(15)11-16(24)18(26)23(20)3/h6-9,11H,4-5,10,12-13H2,1-3H3,(H,21,25)(H,22,27)/t20-/m1/s1. The summed E-state index contributed by atoms with van der Waals surface area (Å²) in [6, 6.07) is 9.58. The van der Waals surface area contributed by atoms with Gasteiger partial charge in [-0.05, 0) is 25.5 Å². The van der Waals surface area contributed by atoms with Crippen molar-refractivity contribution in [2.45, 2.75) is 38.8 Å². The molecular formula is C20H26N4O3. The van der Waals surface area contributed by atoms with Crippen LogP contribution in [0.15, 0.2) is 30.3 Å². The molecule has 1 aromatic carbocycles. The Balaban J connectivity index is 1.78. The molecule has 3 amide bonds. The quantitative estimate of drug-likeness (QED) is 0.756. The van der Waals surface area contributed by atoms with E-state index in [2.05, 4.69) is 10.6 Å². The monoisotopic (exact) mass is 370 g/mol. The van der Waals surface area contributed by atoms with Crippen LogP contribution in [0.2, 0.25) is 0 Å². The first-order chi connectivity index (χ1) is 12.9. The van der Waals surface area contributed by atoms with Crippen LogP contribution in [0.3, 0.4) is 0 Å². The fraction of sp³-hybridized carbons (Fsp3) is 0.450. The second kappa shape index (κ2) is 7.42. The molecule has 3 rings (SSSR count). The van der Waals surface area contributed by atoms with Gasteiger partial charge in [-0.2, -0.15) is 0 Å². The number of hydrogen-bond donors (Lipinski definition) is 2. The number of nitrogens with one attached hydrogen (secondary N) is 2. The number of nitrogens with zero attached hydrogens (tertiary/aromatic N) is 2. The molecule has 1 aliphatic rings. The first kappa shape index (κ1) is 18.9. The number of hydrogen-bond acceptors (Lipinski definition) is 3. The Morgan fingerprint density at radius 1 is 1.22 bits per heavy atom. The number of rotatable bonds is 6. The maximum atomic E-state index is 12.9. The lowest BCUT2D eigenvalue weighted by Crippen LogP contribution is -2.63. The summed E-state index contributed by atoms with van der Waals surface area (Å²) in [5.41, 5.74) is 0.418. The number of fused-ring (bicyclic) bond motifs is 3. The zero-order chi connectivity index (χ0) is 19.6. The predicted octanol–water partition coefficient (Wildman–Crippen LogP) is 1.52. The Morgan fingerprint density at radius 3 is 2.70 bits per heavy atom. The number of aromatic nitrogens is 1. The molecule has 0 saturated heterocycles. The van der Waals surface area contributed by atoms with Crippen LogP contribution in [0.25, 0.3) is 10.9 Å². The second-order valence-electron chi connectivity index (χ2n) is 7.20. The Bertz CT molecular complexity index is 888. The van der Waals surface area contributed by atoms with Crippen molar-refractivity contribution in [1.29, 1.82) is 0 Å². The van der Waals surface area contributed by atoms with E-state index in [1.54, 1.807) is 14.0 Å². The molecule has 0 fully saturated rings. The summed E-state index contributed by atoms with van der Waals surface area (Å²) in [4.78, 5) is 39.1. The van der Waals surface area contributed by atoms with E-state index in [4.69, 9.17) is 0 Å². The second-order valence-corrected chi connectivity index (χ2v) is 7.20. The van der Waals surface area contributed by atoms with Crippen molar-refractivity contribution < 1.29 is 14.4 Å². The van der Waals surface area contributed by atoms with Gasteiger partial charge in [0.2, 0.25) is 11.8 Å². The largest absolute Gasteiger partial charge is 0.355 e. The van der Waals surface area contributed by atoms with Crippen LogP contribution in [0.1, 0.15) is 37.2 Å². The highest BCUT2D eigenvalue weighted by Crippen LogP contribution is 2.31. The molecule has 7 nitrogen and oxygen atoms in total. The van der Waals surface area contributed by atoms with Crippen LogP contribution in [0, 0.1) is 0 Å². The summed E-state index contributed by atoms with van der Waals surface area (Å²) in [6.45, 7) is 4.61. The van der Waals surface area contributed by atoms with Crippen LogP contribution in [0.4, 0.5) is 0 Å². The van der Waals surface area contributed by atoms with E-state index in [0.717, 1.165) is 23.7 Å². The average Bonchev–Trinajstić information content (AvgIpc) is 3.03. The van der Waals surface area contributed by atoms with E-state index in [-0.39, 0.29) is 24.3 Å². The topological polar surface area (TPSA) is 83.4 Å². The van der Waals surface area contributed by atoms with Gasteiger partial charge in [-0.1, -0.05) is 31.5 Å².